The number of sulfonamides is 1. The summed E-state index contributed by atoms with van der Waals surface area (Å²) in [5, 5.41) is 0. The monoisotopic (exact) mass is 398 g/mol. The van der Waals surface area contributed by atoms with Crippen LogP contribution in [0.3, 0.4) is 0 Å². The van der Waals surface area contributed by atoms with E-state index in [1.807, 2.05) is 0 Å². The molecule has 2 heterocycles. The largest absolute Gasteiger partial charge is 0.307 e. The van der Waals surface area contributed by atoms with Gasteiger partial charge in [-0.2, -0.15) is 0 Å². The molecule has 1 aliphatic rings. The Morgan fingerprint density at radius 2 is 1.95 bits per heavy atom. The third kappa shape index (κ3) is 4.13. The van der Waals surface area contributed by atoms with Gasteiger partial charge in [0.05, 0.1) is 11.5 Å². The molecule has 0 atom stereocenters. The lowest BCUT2D eigenvalue weighted by molar-refractivity contribution is 0.505. The van der Waals surface area contributed by atoms with Crippen LogP contribution in [0.4, 0.5) is 5.82 Å². The predicted octanol–water partition coefficient (Wildman–Crippen LogP) is -0.0148. The van der Waals surface area contributed by atoms with E-state index in [0.717, 1.165) is 0 Å². The van der Waals surface area contributed by atoms with Crippen LogP contribution in [0, 0.1) is 0 Å². The molecular formula is C10H15BrN4O4S2. The molecule has 1 aliphatic heterocycles. The highest BCUT2D eigenvalue weighted by molar-refractivity contribution is 9.10. The Kier molecular flexibility index (Phi) is 4.88. The van der Waals surface area contributed by atoms with E-state index in [-0.39, 0.29) is 35.1 Å². The van der Waals surface area contributed by atoms with Gasteiger partial charge in [-0.3, -0.25) is 0 Å². The Bertz CT molecular complexity index is 721. The molecule has 21 heavy (non-hydrogen) atoms. The lowest BCUT2D eigenvalue weighted by Gasteiger charge is -2.23. The Labute approximate surface area is 131 Å². The van der Waals surface area contributed by atoms with Gasteiger partial charge in [-0.05, 0) is 34.8 Å². The molecule has 0 amide bonds. The zero-order chi connectivity index (χ0) is 15.7. The summed E-state index contributed by atoms with van der Waals surface area (Å²) < 4.78 is 50.5. The number of anilines is 1. The summed E-state index contributed by atoms with van der Waals surface area (Å²) in [4.78, 5) is 3.79. The van der Waals surface area contributed by atoms with Gasteiger partial charge < -0.3 is 5.43 Å². The maximum Gasteiger partial charge on any atom is 0.244 e. The molecule has 1 aromatic heterocycles. The number of rotatable bonds is 4. The molecule has 0 saturated carbocycles. The molecule has 2 rings (SSSR count). The van der Waals surface area contributed by atoms with Crippen LogP contribution in [0.25, 0.3) is 0 Å². The number of hydrazine groups is 1. The number of pyridine rings is 1. The van der Waals surface area contributed by atoms with Crippen molar-refractivity contribution in [2.75, 3.05) is 16.9 Å². The smallest absolute Gasteiger partial charge is 0.244 e. The molecule has 1 aromatic rings. The van der Waals surface area contributed by atoms with Gasteiger partial charge in [-0.1, -0.05) is 0 Å². The van der Waals surface area contributed by atoms with Crippen molar-refractivity contribution >= 4 is 41.6 Å². The average Bonchev–Trinajstić information content (AvgIpc) is 2.41. The van der Waals surface area contributed by atoms with Crippen LogP contribution < -0.4 is 16.0 Å². The summed E-state index contributed by atoms with van der Waals surface area (Å²) in [5.74, 6) is 5.26. The van der Waals surface area contributed by atoms with E-state index in [4.69, 9.17) is 5.84 Å². The summed E-state index contributed by atoms with van der Waals surface area (Å²) in [6.07, 6.45) is 1.93. The van der Waals surface area contributed by atoms with Gasteiger partial charge in [0.2, 0.25) is 10.0 Å². The molecular weight excluding hydrogens is 384 g/mol. The molecule has 0 unspecified atom stereocenters. The molecule has 0 aliphatic carbocycles. The van der Waals surface area contributed by atoms with Crippen LogP contribution in [0.1, 0.15) is 12.8 Å². The number of nitrogens with one attached hydrogen (secondary N) is 2. The lowest BCUT2D eigenvalue weighted by Crippen LogP contribution is -2.41. The van der Waals surface area contributed by atoms with E-state index in [1.54, 1.807) is 0 Å². The summed E-state index contributed by atoms with van der Waals surface area (Å²) in [6, 6.07) is 0.965. The van der Waals surface area contributed by atoms with Crippen molar-refractivity contribution in [1.82, 2.24) is 9.71 Å². The normalized spacial score (nSPS) is 19.3. The van der Waals surface area contributed by atoms with Gasteiger partial charge in [0.1, 0.15) is 14.7 Å². The number of nitrogens with zero attached hydrogens (tertiary/aromatic N) is 1. The van der Waals surface area contributed by atoms with Gasteiger partial charge in [0, 0.05) is 16.7 Å². The highest BCUT2D eigenvalue weighted by Gasteiger charge is 2.29. The zero-order valence-electron chi connectivity index (χ0n) is 10.9. The molecule has 0 aromatic carbocycles. The second kappa shape index (κ2) is 6.16. The minimum atomic E-state index is -3.84. The quantitative estimate of drug-likeness (QED) is 0.479. The molecule has 8 nitrogen and oxygen atoms in total. The number of nitrogen functional groups attached to an aromatic ring is 1. The second-order valence-electron chi connectivity index (χ2n) is 4.69. The molecule has 1 saturated heterocycles. The van der Waals surface area contributed by atoms with Crippen molar-refractivity contribution in [3.8, 4) is 0 Å². The van der Waals surface area contributed by atoms with Crippen molar-refractivity contribution in [2.24, 2.45) is 5.84 Å². The highest BCUT2D eigenvalue weighted by Crippen LogP contribution is 2.23. The first-order valence-electron chi connectivity index (χ1n) is 6.08. The molecule has 0 radical (unpaired) electrons. The van der Waals surface area contributed by atoms with Crippen LogP contribution in [0.5, 0.6) is 0 Å². The topological polar surface area (TPSA) is 131 Å². The van der Waals surface area contributed by atoms with E-state index in [1.165, 1.54) is 12.3 Å². The number of hydrogen-bond acceptors (Lipinski definition) is 7. The number of sulfone groups is 1. The number of aromatic nitrogens is 1. The minimum absolute atomic E-state index is 0.0150. The van der Waals surface area contributed by atoms with Crippen LogP contribution in [0.2, 0.25) is 0 Å². The van der Waals surface area contributed by atoms with Crippen LogP contribution in [0.15, 0.2) is 21.6 Å². The van der Waals surface area contributed by atoms with Crippen LogP contribution in [-0.2, 0) is 19.9 Å². The van der Waals surface area contributed by atoms with Gasteiger partial charge in [0.15, 0.2) is 5.82 Å². The summed E-state index contributed by atoms with van der Waals surface area (Å²) >= 11 is 3.16. The Hall–Kier alpha value is -0.750. The molecule has 4 N–H and O–H groups in total. The third-order valence-electron chi connectivity index (χ3n) is 3.12. The first kappa shape index (κ1) is 16.6. The molecule has 1 fully saturated rings. The van der Waals surface area contributed by atoms with Crippen molar-refractivity contribution < 1.29 is 16.8 Å². The number of hydrogen-bond donors (Lipinski definition) is 3. The van der Waals surface area contributed by atoms with E-state index >= 15 is 0 Å². The lowest BCUT2D eigenvalue weighted by atomic mass is 10.2. The molecule has 0 spiro atoms. The van der Waals surface area contributed by atoms with Crippen LogP contribution in [-0.4, -0.2) is 39.4 Å². The van der Waals surface area contributed by atoms with Crippen LogP contribution >= 0.6 is 15.9 Å². The van der Waals surface area contributed by atoms with Gasteiger partial charge in [-0.25, -0.2) is 32.4 Å². The van der Waals surface area contributed by atoms with Crippen molar-refractivity contribution in [2.45, 2.75) is 23.8 Å². The maximum absolute atomic E-state index is 12.4. The first-order valence-corrected chi connectivity index (χ1v) is 10.2. The fourth-order valence-electron chi connectivity index (χ4n) is 2.02. The predicted molar refractivity (Wildman–Crippen MR) is 81.7 cm³/mol. The standard InChI is InChI=1S/C10H15BrN4O4S2/c11-7-5-9(10(14-12)13-6-7)21(18,19)15-8-1-3-20(16,17)4-2-8/h5-6,8,15H,1-4,12H2,(H,13,14). The minimum Gasteiger partial charge on any atom is -0.307 e. The number of nitrogens with two attached hydrogens (primary N) is 1. The maximum atomic E-state index is 12.4. The van der Waals surface area contributed by atoms with Gasteiger partial charge in [0.25, 0.3) is 0 Å². The SMILES string of the molecule is NNc1ncc(Br)cc1S(=O)(=O)NC1CCS(=O)(=O)CC1. The first-order chi connectivity index (χ1) is 9.73. The molecule has 11 heteroatoms. The zero-order valence-corrected chi connectivity index (χ0v) is 14.1. The van der Waals surface area contributed by atoms with E-state index in [2.05, 4.69) is 31.1 Å². The summed E-state index contributed by atoms with van der Waals surface area (Å²) in [6.45, 7) is 0. The second-order valence-corrected chi connectivity index (χ2v) is 9.59. The van der Waals surface area contributed by atoms with E-state index in [9.17, 15) is 16.8 Å². The Morgan fingerprint density at radius 1 is 1.33 bits per heavy atom. The third-order valence-corrected chi connectivity index (χ3v) is 6.80. The highest BCUT2D eigenvalue weighted by atomic mass is 79.9. The average molecular weight is 399 g/mol. The van der Waals surface area contributed by atoms with Crippen molar-refractivity contribution in [1.29, 1.82) is 0 Å². The Balaban J connectivity index is 2.21. The van der Waals surface area contributed by atoms with E-state index in [0.29, 0.717) is 4.47 Å². The Morgan fingerprint density at radius 3 is 2.52 bits per heavy atom. The van der Waals surface area contributed by atoms with Crippen molar-refractivity contribution in [3.05, 3.63) is 16.7 Å². The fraction of sp³-hybridized carbons (Fsp3) is 0.500. The fourth-order valence-corrected chi connectivity index (χ4v) is 5.45. The summed E-state index contributed by atoms with van der Waals surface area (Å²) in [5.41, 5.74) is 2.23. The van der Waals surface area contributed by atoms with Gasteiger partial charge in [-0.15, -0.1) is 0 Å². The number of halogens is 1. The summed E-state index contributed by atoms with van der Waals surface area (Å²) in [7, 11) is -6.88. The molecule has 118 valence electrons. The van der Waals surface area contributed by atoms with Gasteiger partial charge >= 0.3 is 0 Å². The van der Waals surface area contributed by atoms with Crippen molar-refractivity contribution in [3.63, 3.8) is 0 Å². The van der Waals surface area contributed by atoms with E-state index < -0.39 is 25.9 Å². The molecule has 0 bridgehead atoms.